The lowest BCUT2D eigenvalue weighted by molar-refractivity contribution is 0.474. The lowest BCUT2D eigenvalue weighted by Crippen LogP contribution is -1.80. The first-order valence-corrected chi connectivity index (χ1v) is 11.3. The molecule has 0 fully saturated rings. The number of phenols is 2. The zero-order valence-corrected chi connectivity index (χ0v) is 20.5. The number of azo groups is 3. The van der Waals surface area contributed by atoms with Gasteiger partial charge in [0.1, 0.15) is 11.5 Å². The Labute approximate surface area is 209 Å². The Hall–Kier alpha value is -4.72. The number of nitrogens with zero attached hydrogens (tertiary/aromatic N) is 6. The Balaban J connectivity index is 1.46. The molecular formula is C28H26N6O2. The van der Waals surface area contributed by atoms with Gasteiger partial charge in [-0.05, 0) is 123 Å². The molecule has 4 rings (SSSR count). The van der Waals surface area contributed by atoms with Crippen molar-refractivity contribution in [1.29, 1.82) is 0 Å². The van der Waals surface area contributed by atoms with Crippen LogP contribution < -0.4 is 0 Å². The topological polar surface area (TPSA) is 115 Å². The molecule has 0 aliphatic heterocycles. The van der Waals surface area contributed by atoms with Crippen LogP contribution >= 0.6 is 0 Å². The second-order valence-electron chi connectivity index (χ2n) is 8.48. The van der Waals surface area contributed by atoms with Crippen molar-refractivity contribution in [3.05, 3.63) is 95.1 Å². The van der Waals surface area contributed by atoms with Crippen molar-refractivity contribution in [2.45, 2.75) is 27.7 Å². The van der Waals surface area contributed by atoms with Crippen LogP contribution in [0.2, 0.25) is 0 Å². The number of hydrogen-bond donors (Lipinski definition) is 2. The fourth-order valence-corrected chi connectivity index (χ4v) is 3.42. The summed E-state index contributed by atoms with van der Waals surface area (Å²) in [6, 6.07) is 21.1. The minimum absolute atomic E-state index is 0.204. The van der Waals surface area contributed by atoms with E-state index in [-0.39, 0.29) is 11.5 Å². The maximum Gasteiger partial charge on any atom is 0.115 e. The molecule has 4 aromatic rings. The lowest BCUT2D eigenvalue weighted by Gasteiger charge is -2.05. The van der Waals surface area contributed by atoms with Crippen molar-refractivity contribution < 1.29 is 10.2 Å². The highest BCUT2D eigenvalue weighted by molar-refractivity contribution is 5.59. The first-order chi connectivity index (χ1) is 17.3. The molecule has 4 aromatic carbocycles. The molecule has 0 aliphatic carbocycles. The van der Waals surface area contributed by atoms with Crippen molar-refractivity contribution in [2.24, 2.45) is 30.7 Å². The molecule has 8 nitrogen and oxygen atoms in total. The summed E-state index contributed by atoms with van der Waals surface area (Å²) in [5.74, 6) is 0.409. The molecule has 0 heterocycles. The Morgan fingerprint density at radius 1 is 0.389 bits per heavy atom. The number of aromatic hydroxyl groups is 2. The Kier molecular flexibility index (Phi) is 7.25. The van der Waals surface area contributed by atoms with Gasteiger partial charge >= 0.3 is 0 Å². The van der Waals surface area contributed by atoms with Crippen molar-refractivity contribution in [3.8, 4) is 11.5 Å². The summed E-state index contributed by atoms with van der Waals surface area (Å²) in [6.07, 6.45) is 0. The fourth-order valence-electron chi connectivity index (χ4n) is 3.42. The van der Waals surface area contributed by atoms with Crippen LogP contribution in [0.5, 0.6) is 11.5 Å². The predicted octanol–water partition coefficient (Wildman–Crippen LogP) is 9.58. The largest absolute Gasteiger partial charge is 0.508 e. The van der Waals surface area contributed by atoms with E-state index in [0.29, 0.717) is 22.7 Å². The summed E-state index contributed by atoms with van der Waals surface area (Å²) in [5.41, 5.74) is 7.82. The van der Waals surface area contributed by atoms with Gasteiger partial charge in [-0.15, -0.1) is 0 Å². The number of hydrogen-bond acceptors (Lipinski definition) is 8. The van der Waals surface area contributed by atoms with Gasteiger partial charge in [-0.3, -0.25) is 0 Å². The summed E-state index contributed by atoms with van der Waals surface area (Å²) in [7, 11) is 0. The number of phenolic OH excluding ortho intramolecular Hbond substituents is 2. The molecule has 0 bridgehead atoms. The van der Waals surface area contributed by atoms with E-state index >= 15 is 0 Å². The van der Waals surface area contributed by atoms with Gasteiger partial charge < -0.3 is 10.2 Å². The lowest BCUT2D eigenvalue weighted by atomic mass is 10.1. The van der Waals surface area contributed by atoms with Crippen LogP contribution in [0.15, 0.2) is 103 Å². The zero-order chi connectivity index (χ0) is 25.7. The molecular weight excluding hydrogens is 452 g/mol. The SMILES string of the molecule is Cc1cc(O)ccc1N=Nc1ccc(/N=N/c2cc(C)c(N=Nc3ccc(O)cc3C)cc2C)cc1. The quantitative estimate of drug-likeness (QED) is 0.269. The third-order valence-electron chi connectivity index (χ3n) is 5.54. The summed E-state index contributed by atoms with van der Waals surface area (Å²) >= 11 is 0. The molecule has 2 N–H and O–H groups in total. The van der Waals surface area contributed by atoms with Crippen LogP contribution in [-0.2, 0) is 0 Å². The molecule has 0 unspecified atom stereocenters. The standard InChI is InChI=1S/C28H26N6O2/c1-17-13-23(35)9-11-25(17)31-29-21-5-7-22(8-6-21)30-33-27-15-20(4)28(16-19(27)3)34-32-26-12-10-24(36)14-18(26)2/h5-16,35-36H,1-4H3/b31-29?,33-30+,34-32?. The average Bonchev–Trinajstić information content (AvgIpc) is 2.84. The third-order valence-corrected chi connectivity index (χ3v) is 5.54. The summed E-state index contributed by atoms with van der Waals surface area (Å²) < 4.78 is 0. The monoisotopic (exact) mass is 478 g/mol. The van der Waals surface area contributed by atoms with Crippen molar-refractivity contribution in [3.63, 3.8) is 0 Å². The second-order valence-corrected chi connectivity index (χ2v) is 8.48. The van der Waals surface area contributed by atoms with Gasteiger partial charge in [0.2, 0.25) is 0 Å². The van der Waals surface area contributed by atoms with E-state index in [1.165, 1.54) is 0 Å². The van der Waals surface area contributed by atoms with Crippen LogP contribution in [0.1, 0.15) is 22.3 Å². The highest BCUT2D eigenvalue weighted by Gasteiger charge is 2.05. The number of aryl methyl sites for hydroxylation is 4. The minimum Gasteiger partial charge on any atom is -0.508 e. The van der Waals surface area contributed by atoms with Gasteiger partial charge in [-0.25, -0.2) is 0 Å². The predicted molar refractivity (Wildman–Crippen MR) is 141 cm³/mol. The Morgan fingerprint density at radius 2 is 0.722 bits per heavy atom. The minimum atomic E-state index is 0.204. The molecule has 0 amide bonds. The second kappa shape index (κ2) is 10.7. The normalized spacial score (nSPS) is 11.8. The molecule has 0 saturated carbocycles. The van der Waals surface area contributed by atoms with Gasteiger partial charge in [-0.2, -0.15) is 30.7 Å². The third kappa shape index (κ3) is 6.04. The van der Waals surface area contributed by atoms with E-state index in [1.54, 1.807) is 36.4 Å². The zero-order valence-electron chi connectivity index (χ0n) is 20.5. The summed E-state index contributed by atoms with van der Waals surface area (Å²) in [4.78, 5) is 0. The highest BCUT2D eigenvalue weighted by Crippen LogP contribution is 2.32. The molecule has 0 atom stereocenters. The molecule has 0 aliphatic rings. The highest BCUT2D eigenvalue weighted by atomic mass is 16.3. The fraction of sp³-hybridized carbons (Fsp3) is 0.143. The first kappa shape index (κ1) is 24.4. The first-order valence-electron chi connectivity index (χ1n) is 11.3. The van der Waals surface area contributed by atoms with Gasteiger partial charge in [0.15, 0.2) is 0 Å². The Bertz CT molecular complexity index is 1490. The number of rotatable bonds is 6. The van der Waals surface area contributed by atoms with Gasteiger partial charge in [0.05, 0.1) is 34.1 Å². The van der Waals surface area contributed by atoms with Crippen LogP contribution in [0.4, 0.5) is 34.1 Å². The van der Waals surface area contributed by atoms with Crippen molar-refractivity contribution in [1.82, 2.24) is 0 Å². The van der Waals surface area contributed by atoms with E-state index in [2.05, 4.69) is 30.7 Å². The molecule has 0 spiro atoms. The molecule has 8 heteroatoms. The van der Waals surface area contributed by atoms with Crippen molar-refractivity contribution in [2.75, 3.05) is 0 Å². The van der Waals surface area contributed by atoms with E-state index in [1.807, 2.05) is 64.1 Å². The van der Waals surface area contributed by atoms with Crippen LogP contribution in [0.3, 0.4) is 0 Å². The number of benzene rings is 4. The maximum absolute atomic E-state index is 9.56. The smallest absolute Gasteiger partial charge is 0.115 e. The van der Waals surface area contributed by atoms with Crippen LogP contribution in [-0.4, -0.2) is 10.2 Å². The van der Waals surface area contributed by atoms with E-state index in [9.17, 15) is 10.2 Å². The molecule has 0 aromatic heterocycles. The summed E-state index contributed by atoms with van der Waals surface area (Å²) in [5, 5.41) is 45.0. The molecule has 0 radical (unpaired) electrons. The van der Waals surface area contributed by atoms with Gasteiger partial charge in [-0.1, -0.05) is 0 Å². The molecule has 180 valence electrons. The van der Waals surface area contributed by atoms with Gasteiger partial charge in [0, 0.05) is 0 Å². The van der Waals surface area contributed by atoms with E-state index < -0.39 is 0 Å². The molecule has 36 heavy (non-hydrogen) atoms. The maximum atomic E-state index is 9.56. The van der Waals surface area contributed by atoms with Gasteiger partial charge in [0.25, 0.3) is 0 Å². The average molecular weight is 479 g/mol. The van der Waals surface area contributed by atoms with E-state index in [0.717, 1.165) is 33.6 Å². The summed E-state index contributed by atoms with van der Waals surface area (Å²) in [6.45, 7) is 7.65. The Morgan fingerprint density at radius 3 is 1.14 bits per heavy atom. The van der Waals surface area contributed by atoms with E-state index in [4.69, 9.17) is 0 Å². The van der Waals surface area contributed by atoms with Crippen LogP contribution in [0.25, 0.3) is 0 Å². The molecule has 0 saturated heterocycles. The van der Waals surface area contributed by atoms with Crippen molar-refractivity contribution >= 4 is 34.1 Å². The van der Waals surface area contributed by atoms with Crippen LogP contribution in [0, 0.1) is 27.7 Å².